The zero-order valence-corrected chi connectivity index (χ0v) is 49.7. The van der Waals surface area contributed by atoms with E-state index < -0.39 is 92.7 Å². The normalized spacial score (nSPS) is 23.9. The van der Waals surface area contributed by atoms with E-state index in [0.29, 0.717) is 12.8 Å². The lowest BCUT2D eigenvalue weighted by Crippen LogP contribution is -2.61. The fraction of sp³-hybridized carbons (Fsp3) is 0.968. The molecular weight excluding hydrogens is 997 g/mol. The van der Waals surface area contributed by atoms with Crippen molar-refractivity contribution < 1.29 is 73.8 Å². The van der Waals surface area contributed by atoms with Gasteiger partial charge in [0.1, 0.15) is 55.4 Å². The number of esters is 2. The Kier molecular flexibility index (Phi) is 46.6. The van der Waals surface area contributed by atoms with Gasteiger partial charge in [0, 0.05) is 12.8 Å². The van der Waals surface area contributed by atoms with Crippen LogP contribution in [-0.4, -0.2) is 142 Å². The summed E-state index contributed by atoms with van der Waals surface area (Å²) < 4.78 is 33.8. The highest BCUT2D eigenvalue weighted by Crippen LogP contribution is 2.27. The summed E-state index contributed by atoms with van der Waals surface area (Å²) in [5, 5.41) is 72.4. The van der Waals surface area contributed by atoms with Gasteiger partial charge in [0.05, 0.1) is 19.8 Å². The van der Waals surface area contributed by atoms with Gasteiger partial charge < -0.3 is 64.2 Å². The Morgan fingerprint density at radius 2 is 0.654 bits per heavy atom. The van der Waals surface area contributed by atoms with Crippen molar-refractivity contribution in [2.75, 3.05) is 26.4 Å². The third-order valence-electron chi connectivity index (χ3n) is 16.1. The maximum atomic E-state index is 13.1. The zero-order valence-electron chi connectivity index (χ0n) is 49.7. The number of carbonyl (C=O) groups excluding carboxylic acids is 2. The highest BCUT2D eigenvalue weighted by molar-refractivity contribution is 5.70. The molecule has 0 saturated carbocycles. The predicted molar refractivity (Wildman–Crippen MR) is 308 cm³/mol. The zero-order chi connectivity index (χ0) is 56.7. The Balaban J connectivity index is 1.69. The molecule has 15 nitrogen and oxygen atoms in total. The first kappa shape index (κ1) is 72.6. The van der Waals surface area contributed by atoms with Crippen molar-refractivity contribution in [3.05, 3.63) is 0 Å². The second-order valence-corrected chi connectivity index (χ2v) is 23.3. The smallest absolute Gasteiger partial charge is 0.306 e. The SMILES string of the molecule is CCCCCCCCCCCCCCCCCCCCCCCCCC(=O)O[C@H](COC(=O)CCCCCCCCCCCCCCCCCCCCC)CO[C@H]1O[C@@H](CO[C@H]2O[C@@H](CO)[C@@H](O)C(O)C2O)[C@@H](O)C(O)C1O. The van der Waals surface area contributed by atoms with Gasteiger partial charge in [-0.2, -0.15) is 0 Å². The number of unbranched alkanes of at least 4 members (excludes halogenated alkanes) is 40. The summed E-state index contributed by atoms with van der Waals surface area (Å²) in [7, 11) is 0. The van der Waals surface area contributed by atoms with E-state index in [1.165, 1.54) is 218 Å². The lowest BCUT2D eigenvalue weighted by molar-refractivity contribution is -0.332. The van der Waals surface area contributed by atoms with Gasteiger partial charge in [-0.3, -0.25) is 9.59 Å². The van der Waals surface area contributed by atoms with E-state index in [0.717, 1.165) is 38.5 Å². The molecule has 2 heterocycles. The van der Waals surface area contributed by atoms with Crippen LogP contribution in [0.1, 0.15) is 296 Å². The summed E-state index contributed by atoms with van der Waals surface area (Å²) in [4.78, 5) is 26.0. The number of hydrogen-bond donors (Lipinski definition) is 7. The third-order valence-corrected chi connectivity index (χ3v) is 16.1. The standard InChI is InChI=1S/C63H120O15/c1-3-5-7-9-11-13-15-17-19-21-23-24-25-26-28-30-32-34-36-38-40-42-44-46-55(66)76-51(48-73-54(65)45-43-41-39-37-35-33-31-29-27-22-20-18-16-14-12-10-8-6-4-2)49-74-62-61(72)59(70)57(68)53(78-62)50-75-63-60(71)58(69)56(67)52(47-64)77-63/h51-53,56-64,67-72H,3-50H2,1-2H3/t51-,52+,53+,56-,57-,58?,59?,60?,61?,62+,63+/m1/s1. The van der Waals surface area contributed by atoms with Gasteiger partial charge in [-0.05, 0) is 12.8 Å². The van der Waals surface area contributed by atoms with Crippen molar-refractivity contribution >= 4 is 11.9 Å². The molecule has 0 radical (unpaired) electrons. The maximum Gasteiger partial charge on any atom is 0.306 e. The van der Waals surface area contributed by atoms with E-state index >= 15 is 0 Å². The summed E-state index contributed by atoms with van der Waals surface area (Å²) in [5.41, 5.74) is 0. The molecule has 2 rings (SSSR count). The lowest BCUT2D eigenvalue weighted by Gasteiger charge is -2.42. The van der Waals surface area contributed by atoms with Crippen LogP contribution in [0.4, 0.5) is 0 Å². The van der Waals surface area contributed by atoms with E-state index in [1.807, 2.05) is 0 Å². The Hall–Kier alpha value is -1.50. The third kappa shape index (κ3) is 36.2. The minimum Gasteiger partial charge on any atom is -0.462 e. The number of hydrogen-bond acceptors (Lipinski definition) is 15. The molecule has 15 heteroatoms. The topological polar surface area (TPSA) is 231 Å². The monoisotopic (exact) mass is 1120 g/mol. The first-order valence-electron chi connectivity index (χ1n) is 32.6. The quantitative estimate of drug-likeness (QED) is 0.0222. The molecule has 0 spiro atoms. The number of ether oxygens (including phenoxy) is 6. The van der Waals surface area contributed by atoms with Crippen molar-refractivity contribution in [2.24, 2.45) is 0 Å². The average molecular weight is 1120 g/mol. The molecule has 7 N–H and O–H groups in total. The van der Waals surface area contributed by atoms with Crippen molar-refractivity contribution in [2.45, 2.75) is 364 Å². The van der Waals surface area contributed by atoms with Gasteiger partial charge in [-0.1, -0.05) is 271 Å². The Morgan fingerprint density at radius 3 is 1.00 bits per heavy atom. The number of carbonyl (C=O) groups is 2. The van der Waals surface area contributed by atoms with Crippen LogP contribution in [0.5, 0.6) is 0 Å². The van der Waals surface area contributed by atoms with Crippen LogP contribution >= 0.6 is 0 Å². The fourth-order valence-corrected chi connectivity index (χ4v) is 10.8. The minimum absolute atomic E-state index is 0.174. The summed E-state index contributed by atoms with van der Waals surface area (Å²) in [6.07, 6.45) is 37.0. The second kappa shape index (κ2) is 50.1. The Morgan fingerprint density at radius 1 is 0.359 bits per heavy atom. The van der Waals surface area contributed by atoms with Crippen LogP contribution in [0.3, 0.4) is 0 Å². The van der Waals surface area contributed by atoms with Crippen molar-refractivity contribution in [1.29, 1.82) is 0 Å². The summed E-state index contributed by atoms with van der Waals surface area (Å²) in [6, 6.07) is 0. The van der Waals surface area contributed by atoms with E-state index in [1.54, 1.807) is 0 Å². The Labute approximate surface area is 474 Å². The van der Waals surface area contributed by atoms with Crippen LogP contribution in [-0.2, 0) is 38.0 Å². The molecule has 2 aliphatic rings. The molecule has 4 unspecified atom stereocenters. The van der Waals surface area contributed by atoms with Gasteiger partial charge in [-0.25, -0.2) is 0 Å². The van der Waals surface area contributed by atoms with Crippen LogP contribution in [0.15, 0.2) is 0 Å². The minimum atomic E-state index is -1.76. The van der Waals surface area contributed by atoms with Crippen LogP contribution in [0.2, 0.25) is 0 Å². The van der Waals surface area contributed by atoms with Gasteiger partial charge in [-0.15, -0.1) is 0 Å². The molecular formula is C63H120O15. The first-order valence-corrected chi connectivity index (χ1v) is 32.6. The van der Waals surface area contributed by atoms with Gasteiger partial charge in [0.15, 0.2) is 18.7 Å². The average Bonchev–Trinajstić information content (AvgIpc) is 3.44. The number of rotatable bonds is 54. The number of aliphatic hydroxyl groups excluding tert-OH is 7. The van der Waals surface area contributed by atoms with Crippen LogP contribution in [0, 0.1) is 0 Å². The van der Waals surface area contributed by atoms with Crippen molar-refractivity contribution in [1.82, 2.24) is 0 Å². The van der Waals surface area contributed by atoms with E-state index in [-0.39, 0.29) is 26.1 Å². The number of aliphatic hydroxyl groups is 7. The molecule has 11 atom stereocenters. The van der Waals surface area contributed by atoms with Crippen molar-refractivity contribution in [3.8, 4) is 0 Å². The maximum absolute atomic E-state index is 13.1. The van der Waals surface area contributed by atoms with Crippen LogP contribution in [0.25, 0.3) is 0 Å². The first-order chi connectivity index (χ1) is 38.0. The highest BCUT2D eigenvalue weighted by atomic mass is 16.7. The summed E-state index contributed by atoms with van der Waals surface area (Å²) in [6.45, 7) is 2.68. The van der Waals surface area contributed by atoms with Gasteiger partial charge >= 0.3 is 11.9 Å². The summed E-state index contributed by atoms with van der Waals surface area (Å²) >= 11 is 0. The van der Waals surface area contributed by atoms with Crippen LogP contribution < -0.4 is 0 Å². The van der Waals surface area contributed by atoms with Gasteiger partial charge in [0.25, 0.3) is 0 Å². The second-order valence-electron chi connectivity index (χ2n) is 23.3. The summed E-state index contributed by atoms with van der Waals surface area (Å²) in [5.74, 6) is -0.899. The molecule has 462 valence electrons. The predicted octanol–water partition coefficient (Wildman–Crippen LogP) is 12.3. The highest BCUT2D eigenvalue weighted by Gasteiger charge is 2.47. The molecule has 2 aliphatic heterocycles. The Bertz CT molecular complexity index is 1360. The van der Waals surface area contributed by atoms with E-state index in [9.17, 15) is 45.3 Å². The van der Waals surface area contributed by atoms with E-state index in [2.05, 4.69) is 13.8 Å². The lowest BCUT2D eigenvalue weighted by atomic mass is 9.98. The fourth-order valence-electron chi connectivity index (χ4n) is 10.8. The molecule has 2 saturated heterocycles. The molecule has 78 heavy (non-hydrogen) atoms. The molecule has 0 aliphatic carbocycles. The molecule has 0 aromatic rings. The van der Waals surface area contributed by atoms with E-state index in [4.69, 9.17) is 28.4 Å². The molecule has 0 amide bonds. The molecule has 2 fully saturated rings. The van der Waals surface area contributed by atoms with Crippen molar-refractivity contribution in [3.63, 3.8) is 0 Å². The van der Waals surface area contributed by atoms with Gasteiger partial charge in [0.2, 0.25) is 0 Å². The molecule has 0 aromatic carbocycles. The molecule has 0 bridgehead atoms. The molecule has 0 aromatic heterocycles. The largest absolute Gasteiger partial charge is 0.462 e.